The van der Waals surface area contributed by atoms with Crippen LogP contribution >= 0.6 is 23.2 Å². The normalized spacial score (nSPS) is 22.4. The maximum Gasteiger partial charge on any atom is 0.224 e. The summed E-state index contributed by atoms with van der Waals surface area (Å²) in [6.07, 6.45) is 5.76. The maximum atomic E-state index is 12.5. The molecule has 0 radical (unpaired) electrons. The molecule has 3 nitrogen and oxygen atoms in total. The highest BCUT2D eigenvalue weighted by molar-refractivity contribution is 6.37. The summed E-state index contributed by atoms with van der Waals surface area (Å²) >= 11 is 13.0. The van der Waals surface area contributed by atoms with Gasteiger partial charge >= 0.3 is 0 Å². The van der Waals surface area contributed by atoms with Crippen molar-refractivity contribution in [2.75, 3.05) is 5.32 Å². The largest absolute Gasteiger partial charge is 0.454 e. The molecule has 1 amide bonds. The van der Waals surface area contributed by atoms with Gasteiger partial charge in [0.2, 0.25) is 5.91 Å². The number of anilines is 1. The first kappa shape index (κ1) is 19.7. The van der Waals surface area contributed by atoms with Gasteiger partial charge in [0, 0.05) is 17.5 Å². The van der Waals surface area contributed by atoms with Gasteiger partial charge in [-0.2, -0.15) is 0 Å². The Balaban J connectivity index is 1.27. The van der Waals surface area contributed by atoms with Crippen LogP contribution in [0.3, 0.4) is 0 Å². The van der Waals surface area contributed by atoms with E-state index in [0.29, 0.717) is 39.6 Å². The van der Waals surface area contributed by atoms with E-state index in [1.165, 1.54) is 25.7 Å². The van der Waals surface area contributed by atoms with Gasteiger partial charge in [0.1, 0.15) is 11.5 Å². The van der Waals surface area contributed by atoms with Crippen molar-refractivity contribution < 1.29 is 9.53 Å². The number of fused-ring (bicyclic) bond motifs is 3. The summed E-state index contributed by atoms with van der Waals surface area (Å²) in [5, 5.41) is 5.95. The second-order valence-electron chi connectivity index (χ2n) is 8.53. The Kier molecular flexibility index (Phi) is 5.34. The van der Waals surface area contributed by atoms with Crippen molar-refractivity contribution in [2.45, 2.75) is 32.1 Å². The molecular formula is C25H23Cl2NO2. The molecule has 0 heterocycles. The SMILES string of the molecule is O=C(C[C@H]1C[C@H]2CC[C@H]1C2)Nc1ccc(Oc2ccc3ccccc3c2Cl)c(Cl)c1. The van der Waals surface area contributed by atoms with E-state index < -0.39 is 0 Å². The average molecular weight is 440 g/mol. The molecule has 154 valence electrons. The quantitative estimate of drug-likeness (QED) is 0.441. The Morgan fingerprint density at radius 2 is 1.83 bits per heavy atom. The highest BCUT2D eigenvalue weighted by Crippen LogP contribution is 2.49. The Hall–Kier alpha value is -2.23. The Labute approximate surface area is 186 Å². The van der Waals surface area contributed by atoms with Crippen LogP contribution in [0.15, 0.2) is 54.6 Å². The molecule has 3 aromatic rings. The lowest BCUT2D eigenvalue weighted by Crippen LogP contribution is -2.20. The zero-order valence-electron chi connectivity index (χ0n) is 16.5. The third kappa shape index (κ3) is 3.89. The van der Waals surface area contributed by atoms with Gasteiger partial charge in [-0.3, -0.25) is 4.79 Å². The summed E-state index contributed by atoms with van der Waals surface area (Å²) in [5.74, 6) is 3.24. The standard InChI is InChI=1S/C25H23Cl2NO2/c26-21-14-19(28-24(29)13-18-12-15-5-6-17(18)11-15)8-10-22(21)30-23-9-7-16-3-1-2-4-20(16)25(23)27/h1-4,7-10,14-15,17-18H,5-6,11-13H2,(H,28,29)/t15-,17-,18+/m0/s1. The van der Waals surface area contributed by atoms with E-state index >= 15 is 0 Å². The van der Waals surface area contributed by atoms with Gasteiger partial charge in [-0.05, 0) is 66.7 Å². The van der Waals surface area contributed by atoms with Crippen molar-refractivity contribution in [1.82, 2.24) is 0 Å². The Morgan fingerprint density at radius 1 is 1.00 bits per heavy atom. The number of halogens is 2. The van der Waals surface area contributed by atoms with E-state index in [-0.39, 0.29) is 5.91 Å². The van der Waals surface area contributed by atoms with Crippen LogP contribution in [0.2, 0.25) is 10.0 Å². The summed E-state index contributed by atoms with van der Waals surface area (Å²) in [6.45, 7) is 0. The molecule has 5 heteroatoms. The minimum Gasteiger partial charge on any atom is -0.454 e. The lowest BCUT2D eigenvalue weighted by molar-refractivity contribution is -0.117. The molecular weight excluding hydrogens is 417 g/mol. The van der Waals surface area contributed by atoms with E-state index in [1.54, 1.807) is 12.1 Å². The minimum absolute atomic E-state index is 0.0647. The van der Waals surface area contributed by atoms with Gasteiger partial charge in [0.05, 0.1) is 10.0 Å². The molecule has 5 rings (SSSR count). The van der Waals surface area contributed by atoms with Crippen molar-refractivity contribution in [3.63, 3.8) is 0 Å². The Bertz CT molecular complexity index is 1110. The van der Waals surface area contributed by atoms with Crippen LogP contribution in [0.25, 0.3) is 10.8 Å². The predicted molar refractivity (Wildman–Crippen MR) is 123 cm³/mol. The van der Waals surface area contributed by atoms with Gasteiger partial charge in [-0.1, -0.05) is 60.0 Å². The van der Waals surface area contributed by atoms with E-state index in [9.17, 15) is 4.79 Å². The third-order valence-corrected chi connectivity index (χ3v) is 7.28. The van der Waals surface area contributed by atoms with Crippen molar-refractivity contribution in [3.05, 3.63) is 64.6 Å². The maximum absolute atomic E-state index is 12.5. The monoisotopic (exact) mass is 439 g/mol. The van der Waals surface area contributed by atoms with Gasteiger partial charge in [0.25, 0.3) is 0 Å². The zero-order chi connectivity index (χ0) is 20.7. The molecule has 0 unspecified atom stereocenters. The first-order valence-electron chi connectivity index (χ1n) is 10.5. The molecule has 1 N–H and O–H groups in total. The number of ether oxygens (including phenoxy) is 1. The van der Waals surface area contributed by atoms with E-state index in [0.717, 1.165) is 22.6 Å². The number of hydrogen-bond donors (Lipinski definition) is 1. The smallest absolute Gasteiger partial charge is 0.224 e. The molecule has 2 fully saturated rings. The number of amides is 1. The van der Waals surface area contributed by atoms with Crippen LogP contribution in [0.1, 0.15) is 32.1 Å². The number of nitrogens with one attached hydrogen (secondary N) is 1. The number of carbonyl (C=O) groups excluding carboxylic acids is 1. The van der Waals surface area contributed by atoms with Crippen molar-refractivity contribution in [2.24, 2.45) is 17.8 Å². The molecule has 30 heavy (non-hydrogen) atoms. The molecule has 0 saturated heterocycles. The number of rotatable bonds is 5. The highest BCUT2D eigenvalue weighted by Gasteiger charge is 2.40. The van der Waals surface area contributed by atoms with Crippen molar-refractivity contribution in [3.8, 4) is 11.5 Å². The molecule has 3 aromatic carbocycles. The summed E-state index contributed by atoms with van der Waals surface area (Å²) < 4.78 is 5.97. The van der Waals surface area contributed by atoms with Gasteiger partial charge < -0.3 is 10.1 Å². The predicted octanol–water partition coefficient (Wildman–Crippen LogP) is 7.70. The van der Waals surface area contributed by atoms with Crippen LogP contribution in [0.4, 0.5) is 5.69 Å². The molecule has 0 aliphatic heterocycles. The minimum atomic E-state index is 0.0647. The van der Waals surface area contributed by atoms with Crippen LogP contribution in [-0.4, -0.2) is 5.91 Å². The van der Waals surface area contributed by atoms with Gasteiger partial charge in [-0.25, -0.2) is 0 Å². The molecule has 3 atom stereocenters. The fourth-order valence-corrected chi connectivity index (χ4v) is 5.64. The number of hydrogen-bond acceptors (Lipinski definition) is 2. The second kappa shape index (κ2) is 8.13. The first-order valence-corrected chi connectivity index (χ1v) is 11.3. The second-order valence-corrected chi connectivity index (χ2v) is 9.32. The molecule has 2 saturated carbocycles. The third-order valence-electron chi connectivity index (χ3n) is 6.60. The molecule has 2 aliphatic rings. The van der Waals surface area contributed by atoms with E-state index in [2.05, 4.69) is 5.32 Å². The van der Waals surface area contributed by atoms with Gasteiger partial charge in [0.15, 0.2) is 0 Å². The summed E-state index contributed by atoms with van der Waals surface area (Å²) in [5.41, 5.74) is 0.685. The summed E-state index contributed by atoms with van der Waals surface area (Å²) in [6, 6.07) is 17.0. The van der Waals surface area contributed by atoms with E-state index in [4.69, 9.17) is 27.9 Å². The van der Waals surface area contributed by atoms with Crippen molar-refractivity contribution >= 4 is 45.6 Å². The van der Waals surface area contributed by atoms with Crippen molar-refractivity contribution in [1.29, 1.82) is 0 Å². The van der Waals surface area contributed by atoms with Crippen LogP contribution < -0.4 is 10.1 Å². The fourth-order valence-electron chi connectivity index (χ4n) is 5.15. The van der Waals surface area contributed by atoms with Gasteiger partial charge in [-0.15, -0.1) is 0 Å². The number of benzene rings is 3. The zero-order valence-corrected chi connectivity index (χ0v) is 18.0. The summed E-state index contributed by atoms with van der Waals surface area (Å²) in [7, 11) is 0. The Morgan fingerprint density at radius 3 is 2.60 bits per heavy atom. The highest BCUT2D eigenvalue weighted by atomic mass is 35.5. The first-order chi connectivity index (χ1) is 14.6. The fraction of sp³-hybridized carbons (Fsp3) is 0.320. The topological polar surface area (TPSA) is 38.3 Å². The average Bonchev–Trinajstić information content (AvgIpc) is 3.35. The van der Waals surface area contributed by atoms with Crippen LogP contribution in [0.5, 0.6) is 11.5 Å². The lowest BCUT2D eigenvalue weighted by Gasteiger charge is -2.21. The molecule has 0 spiro atoms. The summed E-state index contributed by atoms with van der Waals surface area (Å²) in [4.78, 5) is 12.5. The molecule has 2 bridgehead atoms. The van der Waals surface area contributed by atoms with Crippen LogP contribution in [0, 0.1) is 17.8 Å². The number of carbonyl (C=O) groups is 1. The molecule has 0 aromatic heterocycles. The molecule has 2 aliphatic carbocycles. The lowest BCUT2D eigenvalue weighted by atomic mass is 9.86. The van der Waals surface area contributed by atoms with E-state index in [1.807, 2.05) is 42.5 Å². The van der Waals surface area contributed by atoms with Crippen LogP contribution in [-0.2, 0) is 4.79 Å².